The van der Waals surface area contributed by atoms with E-state index in [0.29, 0.717) is 17.7 Å². The highest BCUT2D eigenvalue weighted by Gasteiger charge is 2.25. The minimum absolute atomic E-state index is 0.0513. The summed E-state index contributed by atoms with van der Waals surface area (Å²) < 4.78 is 15.1. The molecule has 3 heterocycles. The van der Waals surface area contributed by atoms with Crippen LogP contribution in [0.5, 0.6) is 5.75 Å². The van der Waals surface area contributed by atoms with E-state index in [1.54, 1.807) is 0 Å². The molecule has 2 aromatic rings. The molecule has 0 spiro atoms. The summed E-state index contributed by atoms with van der Waals surface area (Å²) in [5.41, 5.74) is 2.60. The molecule has 0 unspecified atom stereocenters. The maximum atomic E-state index is 13.2. The lowest BCUT2D eigenvalue weighted by molar-refractivity contribution is 0.211. The second kappa shape index (κ2) is 8.68. The molecule has 6 nitrogen and oxygen atoms in total. The van der Waals surface area contributed by atoms with Gasteiger partial charge in [0.15, 0.2) is 0 Å². The van der Waals surface area contributed by atoms with E-state index >= 15 is 0 Å². The Morgan fingerprint density at radius 1 is 1.27 bits per heavy atom. The van der Waals surface area contributed by atoms with Crippen molar-refractivity contribution in [3.8, 4) is 5.75 Å². The molecule has 1 aromatic heterocycles. The molecule has 1 saturated heterocycles. The first-order chi connectivity index (χ1) is 14.4. The van der Waals surface area contributed by atoms with Gasteiger partial charge in [0.25, 0.3) is 5.56 Å². The quantitative estimate of drug-likeness (QED) is 0.740. The van der Waals surface area contributed by atoms with Crippen molar-refractivity contribution < 1.29 is 9.50 Å². The number of rotatable bonds is 5. The summed E-state index contributed by atoms with van der Waals surface area (Å²) in [6.07, 6.45) is 5.36. The molecule has 4 rings (SSSR count). The van der Waals surface area contributed by atoms with Crippen molar-refractivity contribution in [3.05, 3.63) is 57.0 Å². The van der Waals surface area contributed by atoms with Crippen LogP contribution >= 0.6 is 0 Å². The van der Waals surface area contributed by atoms with Crippen molar-refractivity contribution in [2.24, 2.45) is 5.92 Å². The van der Waals surface area contributed by atoms with Crippen LogP contribution in [-0.2, 0) is 19.4 Å². The van der Waals surface area contributed by atoms with Gasteiger partial charge in [-0.2, -0.15) is 0 Å². The third-order valence-electron chi connectivity index (χ3n) is 6.50. The van der Waals surface area contributed by atoms with Crippen LogP contribution in [0.2, 0.25) is 0 Å². The number of fused-ring (bicyclic) bond motifs is 1. The van der Waals surface area contributed by atoms with Gasteiger partial charge in [0, 0.05) is 54.0 Å². The van der Waals surface area contributed by atoms with Gasteiger partial charge in [0.2, 0.25) is 0 Å². The molecule has 1 aromatic carbocycles. The molecular formula is C23H29FN4O2. The zero-order chi connectivity index (χ0) is 21.3. The number of hydrogen-bond donors (Lipinski definition) is 2. The fourth-order valence-corrected chi connectivity index (χ4v) is 4.69. The fraction of sp³-hybridized carbons (Fsp3) is 0.522. The van der Waals surface area contributed by atoms with E-state index in [9.17, 15) is 14.3 Å². The Kier molecular flexibility index (Phi) is 5.99. The number of likely N-dealkylation sites (tertiary alicyclic amines) is 1. The Bertz CT molecular complexity index is 1010. The van der Waals surface area contributed by atoms with Crippen LogP contribution in [0.15, 0.2) is 23.0 Å². The minimum Gasteiger partial charge on any atom is -0.507 e. The van der Waals surface area contributed by atoms with Crippen LogP contribution < -0.4 is 5.56 Å². The Morgan fingerprint density at radius 2 is 2.03 bits per heavy atom. The predicted octanol–water partition coefficient (Wildman–Crippen LogP) is 3.06. The van der Waals surface area contributed by atoms with E-state index in [4.69, 9.17) is 5.41 Å². The number of phenols is 1. The molecule has 1 fully saturated rings. The van der Waals surface area contributed by atoms with Crippen molar-refractivity contribution in [2.45, 2.75) is 52.0 Å². The standard InChI is InChI=1S/C23H29FN4O2/c1-15-18(23(30)28-10-3-2-4-21(28)26-15)9-13-27-11-7-16(8-12-27)22(25)19-6-5-17(24)14-20(19)29/h5-6,14,16,25,29H,2-4,7-13H2,1H3. The first-order valence-electron chi connectivity index (χ1n) is 10.8. The van der Waals surface area contributed by atoms with Gasteiger partial charge in [0.05, 0.1) is 0 Å². The van der Waals surface area contributed by atoms with Crippen LogP contribution in [-0.4, -0.2) is 44.9 Å². The molecule has 7 heteroatoms. The van der Waals surface area contributed by atoms with Crippen LogP contribution in [0.25, 0.3) is 0 Å². The summed E-state index contributed by atoms with van der Waals surface area (Å²) in [5, 5.41) is 18.4. The maximum Gasteiger partial charge on any atom is 0.256 e. The molecule has 0 amide bonds. The molecule has 30 heavy (non-hydrogen) atoms. The third-order valence-corrected chi connectivity index (χ3v) is 6.50. The molecule has 160 valence electrons. The van der Waals surface area contributed by atoms with Crippen LogP contribution in [0.1, 0.15) is 48.3 Å². The van der Waals surface area contributed by atoms with Gasteiger partial charge in [0.1, 0.15) is 17.4 Å². The number of benzene rings is 1. The minimum atomic E-state index is -0.498. The van der Waals surface area contributed by atoms with E-state index in [1.165, 1.54) is 12.1 Å². The summed E-state index contributed by atoms with van der Waals surface area (Å²) in [4.78, 5) is 19.9. The number of hydrogen-bond acceptors (Lipinski definition) is 5. The second-order valence-electron chi connectivity index (χ2n) is 8.45. The lowest BCUT2D eigenvalue weighted by atomic mass is 9.87. The summed E-state index contributed by atoms with van der Waals surface area (Å²) in [6.45, 7) is 5.20. The Hall–Kier alpha value is -2.54. The lowest BCUT2D eigenvalue weighted by Gasteiger charge is -2.32. The van der Waals surface area contributed by atoms with Crippen LogP contribution in [0, 0.1) is 24.1 Å². The Labute approximate surface area is 175 Å². The summed E-state index contributed by atoms with van der Waals surface area (Å²) in [6, 6.07) is 3.83. The number of piperidine rings is 1. The number of halogens is 1. The molecule has 0 bridgehead atoms. The molecule has 0 radical (unpaired) electrons. The van der Waals surface area contributed by atoms with Crippen LogP contribution in [0.4, 0.5) is 4.39 Å². The molecule has 2 N–H and O–H groups in total. The highest BCUT2D eigenvalue weighted by molar-refractivity contribution is 6.02. The summed E-state index contributed by atoms with van der Waals surface area (Å²) in [7, 11) is 0. The van der Waals surface area contributed by atoms with Gasteiger partial charge >= 0.3 is 0 Å². The Balaban J connectivity index is 1.36. The number of nitrogens with one attached hydrogen (secondary N) is 1. The van der Waals surface area contributed by atoms with Crippen molar-refractivity contribution in [1.29, 1.82) is 5.41 Å². The van der Waals surface area contributed by atoms with Gasteiger partial charge in [-0.05, 0) is 64.3 Å². The lowest BCUT2D eigenvalue weighted by Crippen LogP contribution is -2.39. The molecule has 0 saturated carbocycles. The zero-order valence-electron chi connectivity index (χ0n) is 17.5. The summed E-state index contributed by atoms with van der Waals surface area (Å²) >= 11 is 0. The van der Waals surface area contributed by atoms with Gasteiger partial charge < -0.3 is 15.4 Å². The molecule has 0 aliphatic carbocycles. The number of phenolic OH excluding ortho intramolecular Hbond substituents is 1. The maximum absolute atomic E-state index is 13.2. The first-order valence-corrected chi connectivity index (χ1v) is 10.8. The number of aromatic hydroxyl groups is 1. The third kappa shape index (κ3) is 4.17. The largest absolute Gasteiger partial charge is 0.507 e. The first kappa shape index (κ1) is 20.7. The number of aryl methyl sites for hydroxylation is 2. The number of nitrogens with zero attached hydrogens (tertiary/aromatic N) is 3. The molecule has 2 aliphatic rings. The average molecular weight is 413 g/mol. The topological polar surface area (TPSA) is 82.2 Å². The van der Waals surface area contributed by atoms with Gasteiger partial charge in [-0.15, -0.1) is 0 Å². The normalized spacial score (nSPS) is 17.7. The zero-order valence-corrected chi connectivity index (χ0v) is 17.5. The average Bonchev–Trinajstić information content (AvgIpc) is 2.73. The fourth-order valence-electron chi connectivity index (χ4n) is 4.69. The Morgan fingerprint density at radius 3 is 2.77 bits per heavy atom. The van der Waals surface area contributed by atoms with Crippen molar-refractivity contribution in [2.75, 3.05) is 19.6 Å². The smallest absolute Gasteiger partial charge is 0.256 e. The van der Waals surface area contributed by atoms with Crippen molar-refractivity contribution in [1.82, 2.24) is 14.5 Å². The summed E-state index contributed by atoms with van der Waals surface area (Å²) in [5.74, 6) is 0.311. The van der Waals surface area contributed by atoms with E-state index < -0.39 is 5.82 Å². The SMILES string of the molecule is Cc1nc2n(c(=O)c1CCN1CCC(C(=N)c3ccc(F)cc3O)CC1)CCCC2. The van der Waals surface area contributed by atoms with E-state index in [2.05, 4.69) is 9.88 Å². The highest BCUT2D eigenvalue weighted by Crippen LogP contribution is 2.27. The van der Waals surface area contributed by atoms with Gasteiger partial charge in [-0.25, -0.2) is 9.37 Å². The number of aromatic nitrogens is 2. The highest BCUT2D eigenvalue weighted by atomic mass is 19.1. The van der Waals surface area contributed by atoms with Crippen molar-refractivity contribution in [3.63, 3.8) is 0 Å². The predicted molar refractivity (Wildman–Crippen MR) is 114 cm³/mol. The molecular weight excluding hydrogens is 383 g/mol. The monoisotopic (exact) mass is 412 g/mol. The molecule has 2 aliphatic heterocycles. The van der Waals surface area contributed by atoms with Crippen LogP contribution in [0.3, 0.4) is 0 Å². The second-order valence-corrected chi connectivity index (χ2v) is 8.45. The molecule has 0 atom stereocenters. The van der Waals surface area contributed by atoms with Crippen molar-refractivity contribution >= 4 is 5.71 Å². The van der Waals surface area contributed by atoms with Gasteiger partial charge in [-0.1, -0.05) is 0 Å². The van der Waals surface area contributed by atoms with Gasteiger partial charge in [-0.3, -0.25) is 9.36 Å². The van der Waals surface area contributed by atoms with E-state index in [-0.39, 0.29) is 17.2 Å². The van der Waals surface area contributed by atoms with E-state index in [1.807, 2.05) is 11.5 Å². The van der Waals surface area contributed by atoms with E-state index in [0.717, 1.165) is 81.4 Å².